The summed E-state index contributed by atoms with van der Waals surface area (Å²) in [6.45, 7) is 0. The third kappa shape index (κ3) is 3.49. The standard InChI is InChI=1S/C19H20N2O5S/c1-21-9-13(8-16(25-2)19(21)22)14-6-11(10-27(3,23)24)7-15-17(14)20-18(26-15)12-4-5-12/h6-9,12H,4-5,10H2,1-3H3. The van der Waals surface area contributed by atoms with Crippen molar-refractivity contribution in [3.63, 3.8) is 0 Å². The maximum Gasteiger partial charge on any atom is 0.292 e. The molecule has 142 valence electrons. The van der Waals surface area contributed by atoms with E-state index in [2.05, 4.69) is 4.98 Å². The Hall–Kier alpha value is -2.61. The zero-order valence-corrected chi connectivity index (χ0v) is 16.2. The van der Waals surface area contributed by atoms with Crippen LogP contribution in [0.1, 0.15) is 30.2 Å². The number of aromatic nitrogens is 2. The van der Waals surface area contributed by atoms with Crippen molar-refractivity contribution in [2.45, 2.75) is 24.5 Å². The summed E-state index contributed by atoms with van der Waals surface area (Å²) in [7, 11) is -0.127. The molecular formula is C19H20N2O5S. The molecule has 0 amide bonds. The van der Waals surface area contributed by atoms with E-state index in [0.717, 1.165) is 18.4 Å². The van der Waals surface area contributed by atoms with Crippen LogP contribution in [0.25, 0.3) is 22.2 Å². The molecule has 27 heavy (non-hydrogen) atoms. The number of aryl methyl sites for hydroxylation is 1. The highest BCUT2D eigenvalue weighted by Gasteiger charge is 2.29. The number of hydrogen-bond acceptors (Lipinski definition) is 6. The van der Waals surface area contributed by atoms with Crippen LogP contribution in [-0.2, 0) is 22.6 Å². The third-order valence-corrected chi connectivity index (χ3v) is 5.47. The number of methoxy groups -OCH3 is 1. The second-order valence-corrected chi connectivity index (χ2v) is 9.24. The van der Waals surface area contributed by atoms with Crippen molar-refractivity contribution in [2.24, 2.45) is 7.05 Å². The second kappa shape index (κ2) is 6.23. The van der Waals surface area contributed by atoms with Crippen LogP contribution in [0.15, 0.2) is 33.6 Å². The van der Waals surface area contributed by atoms with Gasteiger partial charge in [-0.3, -0.25) is 4.79 Å². The minimum absolute atomic E-state index is 0.0989. The Labute approximate surface area is 156 Å². The summed E-state index contributed by atoms with van der Waals surface area (Å²) >= 11 is 0. The first-order valence-corrected chi connectivity index (χ1v) is 10.7. The van der Waals surface area contributed by atoms with E-state index in [1.165, 1.54) is 17.9 Å². The summed E-state index contributed by atoms with van der Waals surface area (Å²) in [4.78, 5) is 16.8. The van der Waals surface area contributed by atoms with Gasteiger partial charge in [-0.2, -0.15) is 0 Å². The van der Waals surface area contributed by atoms with Crippen LogP contribution in [0, 0.1) is 0 Å². The highest BCUT2D eigenvalue weighted by atomic mass is 32.2. The molecule has 8 heteroatoms. The van der Waals surface area contributed by atoms with Gasteiger partial charge in [0.05, 0.1) is 12.9 Å². The Morgan fingerprint density at radius 2 is 2.04 bits per heavy atom. The molecule has 0 bridgehead atoms. The summed E-state index contributed by atoms with van der Waals surface area (Å²) in [5.74, 6) is 1.12. The smallest absolute Gasteiger partial charge is 0.292 e. The summed E-state index contributed by atoms with van der Waals surface area (Å²) in [5.41, 5.74) is 3.02. The van der Waals surface area contributed by atoms with Gasteiger partial charge >= 0.3 is 0 Å². The first kappa shape index (κ1) is 17.8. The molecule has 1 saturated carbocycles. The molecule has 1 aromatic carbocycles. The largest absolute Gasteiger partial charge is 0.491 e. The fraction of sp³-hybridized carbons (Fsp3) is 0.368. The molecule has 3 aromatic rings. The molecule has 4 rings (SSSR count). The number of nitrogens with zero attached hydrogens (tertiary/aromatic N) is 2. The molecule has 0 N–H and O–H groups in total. The Balaban J connectivity index is 1.97. The Bertz CT molecular complexity index is 1200. The van der Waals surface area contributed by atoms with Crippen molar-refractivity contribution in [1.29, 1.82) is 0 Å². The molecule has 0 unspecified atom stereocenters. The molecule has 0 atom stereocenters. The molecule has 0 saturated heterocycles. The number of pyridine rings is 1. The average Bonchev–Trinajstić information content (AvgIpc) is 3.35. The Morgan fingerprint density at radius 3 is 2.67 bits per heavy atom. The molecule has 1 aliphatic carbocycles. The maximum absolute atomic E-state index is 12.1. The summed E-state index contributed by atoms with van der Waals surface area (Å²) in [5, 5.41) is 0. The van der Waals surface area contributed by atoms with Gasteiger partial charge in [0.2, 0.25) is 0 Å². The van der Waals surface area contributed by atoms with Crippen molar-refractivity contribution in [3.8, 4) is 16.9 Å². The Kier molecular flexibility index (Phi) is 4.10. The quantitative estimate of drug-likeness (QED) is 0.667. The van der Waals surface area contributed by atoms with Crippen LogP contribution in [-0.4, -0.2) is 31.3 Å². The minimum atomic E-state index is -3.21. The van der Waals surface area contributed by atoms with Gasteiger partial charge in [0.15, 0.2) is 27.1 Å². The van der Waals surface area contributed by atoms with Crippen LogP contribution < -0.4 is 10.3 Å². The van der Waals surface area contributed by atoms with E-state index in [-0.39, 0.29) is 17.1 Å². The Morgan fingerprint density at radius 1 is 1.30 bits per heavy atom. The minimum Gasteiger partial charge on any atom is -0.491 e. The highest BCUT2D eigenvalue weighted by molar-refractivity contribution is 7.89. The van der Waals surface area contributed by atoms with E-state index < -0.39 is 9.84 Å². The van der Waals surface area contributed by atoms with Crippen molar-refractivity contribution < 1.29 is 17.6 Å². The van der Waals surface area contributed by atoms with Gasteiger partial charge in [-0.15, -0.1) is 0 Å². The van der Waals surface area contributed by atoms with E-state index in [4.69, 9.17) is 9.15 Å². The molecule has 1 aliphatic rings. The fourth-order valence-corrected chi connectivity index (χ4v) is 3.96. The monoisotopic (exact) mass is 388 g/mol. The number of hydrogen-bond donors (Lipinski definition) is 0. The zero-order valence-electron chi connectivity index (χ0n) is 15.4. The van der Waals surface area contributed by atoms with Crippen LogP contribution in [0.2, 0.25) is 0 Å². The molecule has 0 spiro atoms. The van der Waals surface area contributed by atoms with Crippen LogP contribution in [0.3, 0.4) is 0 Å². The third-order valence-electron chi connectivity index (χ3n) is 4.61. The van der Waals surface area contributed by atoms with Gasteiger partial charge in [-0.05, 0) is 36.6 Å². The predicted octanol–water partition coefficient (Wildman–Crippen LogP) is 2.62. The second-order valence-electron chi connectivity index (χ2n) is 7.10. The van der Waals surface area contributed by atoms with Crippen molar-refractivity contribution in [3.05, 3.63) is 46.2 Å². The number of fused-ring (bicyclic) bond motifs is 1. The van der Waals surface area contributed by atoms with E-state index in [1.807, 2.05) is 0 Å². The molecule has 0 radical (unpaired) electrons. The highest BCUT2D eigenvalue weighted by Crippen LogP contribution is 2.42. The summed E-state index contributed by atoms with van der Waals surface area (Å²) in [6.07, 6.45) is 4.98. The first-order valence-electron chi connectivity index (χ1n) is 8.61. The van der Waals surface area contributed by atoms with Crippen LogP contribution >= 0.6 is 0 Å². The average molecular weight is 388 g/mol. The normalized spacial score (nSPS) is 14.6. The molecular weight excluding hydrogens is 368 g/mol. The first-order chi connectivity index (χ1) is 12.7. The van der Waals surface area contributed by atoms with E-state index in [9.17, 15) is 13.2 Å². The van der Waals surface area contributed by atoms with Crippen molar-refractivity contribution in [1.82, 2.24) is 9.55 Å². The van der Waals surface area contributed by atoms with Gasteiger partial charge in [0.25, 0.3) is 5.56 Å². The lowest BCUT2D eigenvalue weighted by Gasteiger charge is -2.10. The predicted molar refractivity (Wildman–Crippen MR) is 102 cm³/mol. The summed E-state index contributed by atoms with van der Waals surface area (Å²) in [6, 6.07) is 5.17. The van der Waals surface area contributed by atoms with Gasteiger partial charge in [-0.25, -0.2) is 13.4 Å². The number of sulfone groups is 1. The lowest BCUT2D eigenvalue weighted by molar-refractivity contribution is 0.405. The van der Waals surface area contributed by atoms with Crippen LogP contribution in [0.4, 0.5) is 0 Å². The summed E-state index contributed by atoms with van der Waals surface area (Å²) < 4.78 is 36.1. The van der Waals surface area contributed by atoms with Crippen molar-refractivity contribution in [2.75, 3.05) is 13.4 Å². The molecule has 7 nitrogen and oxygen atoms in total. The number of benzene rings is 1. The topological polar surface area (TPSA) is 91.4 Å². The van der Waals surface area contributed by atoms with E-state index >= 15 is 0 Å². The van der Waals surface area contributed by atoms with E-state index in [1.54, 1.807) is 31.4 Å². The molecule has 2 aromatic heterocycles. The molecule has 0 aliphatic heterocycles. The maximum atomic E-state index is 12.1. The van der Waals surface area contributed by atoms with Crippen molar-refractivity contribution >= 4 is 20.9 Å². The van der Waals surface area contributed by atoms with Gasteiger partial charge in [0.1, 0.15) is 5.52 Å². The van der Waals surface area contributed by atoms with Gasteiger partial charge in [-0.1, -0.05) is 0 Å². The van der Waals surface area contributed by atoms with Gasteiger partial charge < -0.3 is 13.7 Å². The SMILES string of the molecule is COc1cc(-c2cc(CS(C)(=O)=O)cc3oc(C4CC4)nc23)cn(C)c1=O. The number of rotatable bonds is 5. The molecule has 1 fully saturated rings. The zero-order chi connectivity index (χ0) is 19.3. The fourth-order valence-electron chi connectivity index (χ4n) is 3.19. The lowest BCUT2D eigenvalue weighted by Crippen LogP contribution is -2.17. The number of ether oxygens (including phenoxy) is 1. The van der Waals surface area contributed by atoms with E-state index in [0.29, 0.717) is 34.0 Å². The van der Waals surface area contributed by atoms with Gasteiger partial charge in [0, 0.05) is 36.5 Å². The number of oxazole rings is 1. The van der Waals surface area contributed by atoms with Crippen LogP contribution in [0.5, 0.6) is 5.75 Å². The lowest BCUT2D eigenvalue weighted by atomic mass is 10.0. The molecule has 2 heterocycles.